The van der Waals surface area contributed by atoms with Gasteiger partial charge in [-0.1, -0.05) is 77.2 Å². The number of benzene rings is 3. The van der Waals surface area contributed by atoms with Crippen molar-refractivity contribution in [2.24, 2.45) is 0 Å². The maximum Gasteiger partial charge on any atom is 0.264 e. The van der Waals surface area contributed by atoms with E-state index in [-0.39, 0.29) is 23.4 Å². The Bertz CT molecular complexity index is 1470. The maximum atomic E-state index is 14.1. The third-order valence-corrected chi connectivity index (χ3v) is 9.82. The summed E-state index contributed by atoms with van der Waals surface area (Å²) in [6.07, 6.45) is 5.16. The first-order chi connectivity index (χ1) is 19.5. The molecule has 0 unspecified atom stereocenters. The van der Waals surface area contributed by atoms with Crippen LogP contribution in [0.2, 0.25) is 0 Å². The number of amides is 2. The minimum absolute atomic E-state index is 0.0900. The summed E-state index contributed by atoms with van der Waals surface area (Å²) in [6.45, 7) is 5.18. The van der Waals surface area contributed by atoms with Crippen LogP contribution in [0.3, 0.4) is 0 Å². The second-order valence-corrected chi connectivity index (χ2v) is 13.6. The average molecular weight is 641 g/mol. The van der Waals surface area contributed by atoms with Gasteiger partial charge in [0.25, 0.3) is 10.0 Å². The second-order valence-electron chi connectivity index (χ2n) is 10.8. The molecule has 0 spiro atoms. The molecule has 0 radical (unpaired) electrons. The topological polar surface area (TPSA) is 86.8 Å². The molecule has 1 atom stereocenters. The molecule has 1 fully saturated rings. The molecule has 0 heterocycles. The molecule has 0 aliphatic heterocycles. The summed E-state index contributed by atoms with van der Waals surface area (Å²) in [5.41, 5.74) is 3.01. The minimum atomic E-state index is -4.09. The Labute approximate surface area is 252 Å². The van der Waals surface area contributed by atoms with E-state index in [0.29, 0.717) is 5.69 Å². The molecule has 1 aliphatic carbocycles. The Kier molecular flexibility index (Phi) is 10.3. The van der Waals surface area contributed by atoms with Crippen LogP contribution in [0.15, 0.2) is 82.2 Å². The summed E-state index contributed by atoms with van der Waals surface area (Å²) in [5, 5.41) is 3.13. The SMILES string of the molecule is Cc1ccc(S(=O)(=O)N(CC(=O)N(Cc2cccc(Br)c2)[C@H](C)C(=O)NC2CCCCC2)c2cccc(C)c2)cc1. The zero-order valence-corrected chi connectivity index (χ0v) is 26.2. The van der Waals surface area contributed by atoms with Crippen molar-refractivity contribution in [2.45, 2.75) is 76.4 Å². The number of carbonyl (C=O) groups excluding carboxylic acids is 2. The van der Waals surface area contributed by atoms with Crippen LogP contribution in [-0.4, -0.2) is 43.8 Å². The average Bonchev–Trinajstić information content (AvgIpc) is 2.95. The van der Waals surface area contributed by atoms with E-state index in [1.807, 2.05) is 44.2 Å². The predicted molar refractivity (Wildman–Crippen MR) is 166 cm³/mol. The van der Waals surface area contributed by atoms with E-state index < -0.39 is 28.5 Å². The number of nitrogens with zero attached hydrogens (tertiary/aromatic N) is 2. The van der Waals surface area contributed by atoms with Crippen molar-refractivity contribution in [2.75, 3.05) is 10.8 Å². The fourth-order valence-corrected chi connectivity index (χ4v) is 6.99. The summed E-state index contributed by atoms with van der Waals surface area (Å²) in [4.78, 5) is 29.1. The smallest absolute Gasteiger partial charge is 0.264 e. The van der Waals surface area contributed by atoms with Crippen LogP contribution >= 0.6 is 15.9 Å². The van der Waals surface area contributed by atoms with Crippen molar-refractivity contribution in [3.63, 3.8) is 0 Å². The number of halogens is 1. The second kappa shape index (κ2) is 13.7. The van der Waals surface area contributed by atoms with Crippen LogP contribution in [0.5, 0.6) is 0 Å². The monoisotopic (exact) mass is 639 g/mol. The van der Waals surface area contributed by atoms with E-state index in [0.717, 1.165) is 51.2 Å². The van der Waals surface area contributed by atoms with Crippen LogP contribution in [0.4, 0.5) is 5.69 Å². The molecule has 4 rings (SSSR count). The minimum Gasteiger partial charge on any atom is -0.352 e. The molecular weight excluding hydrogens is 602 g/mol. The van der Waals surface area contributed by atoms with E-state index in [1.54, 1.807) is 49.4 Å². The first-order valence-corrected chi connectivity index (χ1v) is 16.3. The van der Waals surface area contributed by atoms with Crippen molar-refractivity contribution < 1.29 is 18.0 Å². The van der Waals surface area contributed by atoms with Crippen molar-refractivity contribution in [1.29, 1.82) is 0 Å². The molecule has 218 valence electrons. The Hall–Kier alpha value is -3.17. The molecule has 3 aromatic carbocycles. The summed E-state index contributed by atoms with van der Waals surface area (Å²) < 4.78 is 29.9. The molecule has 41 heavy (non-hydrogen) atoms. The van der Waals surface area contributed by atoms with Gasteiger partial charge in [0.2, 0.25) is 11.8 Å². The Morgan fingerprint density at radius 2 is 1.61 bits per heavy atom. The molecule has 2 amide bonds. The molecule has 0 saturated heterocycles. The van der Waals surface area contributed by atoms with Gasteiger partial charge in [0.15, 0.2) is 0 Å². The van der Waals surface area contributed by atoms with Gasteiger partial charge in [-0.05, 0) is 81.1 Å². The van der Waals surface area contributed by atoms with Crippen molar-refractivity contribution >= 4 is 43.5 Å². The molecule has 1 N–H and O–H groups in total. The highest BCUT2D eigenvalue weighted by atomic mass is 79.9. The highest BCUT2D eigenvalue weighted by molar-refractivity contribution is 9.10. The molecule has 3 aromatic rings. The quantitative estimate of drug-likeness (QED) is 0.289. The molecule has 9 heteroatoms. The zero-order valence-electron chi connectivity index (χ0n) is 23.8. The highest BCUT2D eigenvalue weighted by Gasteiger charge is 2.33. The van der Waals surface area contributed by atoms with E-state index in [9.17, 15) is 18.0 Å². The van der Waals surface area contributed by atoms with E-state index in [2.05, 4.69) is 21.2 Å². The normalized spacial score (nSPS) is 14.7. The third kappa shape index (κ3) is 7.98. The van der Waals surface area contributed by atoms with Gasteiger partial charge in [0.1, 0.15) is 12.6 Å². The van der Waals surface area contributed by atoms with Gasteiger partial charge in [-0.15, -0.1) is 0 Å². The van der Waals surface area contributed by atoms with Gasteiger partial charge in [0.05, 0.1) is 10.6 Å². The first-order valence-electron chi connectivity index (χ1n) is 14.0. The van der Waals surface area contributed by atoms with Crippen LogP contribution in [-0.2, 0) is 26.2 Å². The lowest BCUT2D eigenvalue weighted by Gasteiger charge is -2.33. The number of rotatable bonds is 10. The van der Waals surface area contributed by atoms with E-state index in [4.69, 9.17) is 0 Å². The van der Waals surface area contributed by atoms with Crippen molar-refractivity contribution in [3.05, 3.63) is 94.0 Å². The summed E-state index contributed by atoms with van der Waals surface area (Å²) in [5.74, 6) is -0.697. The predicted octanol–water partition coefficient (Wildman–Crippen LogP) is 6.13. The van der Waals surface area contributed by atoms with Crippen LogP contribution in [0.25, 0.3) is 0 Å². The van der Waals surface area contributed by atoms with Gasteiger partial charge < -0.3 is 10.2 Å². The lowest BCUT2D eigenvalue weighted by atomic mass is 9.95. The van der Waals surface area contributed by atoms with Gasteiger partial charge in [-0.2, -0.15) is 0 Å². The number of hydrogen-bond donors (Lipinski definition) is 1. The van der Waals surface area contributed by atoms with Crippen LogP contribution in [0.1, 0.15) is 55.7 Å². The molecule has 7 nitrogen and oxygen atoms in total. The highest BCUT2D eigenvalue weighted by Crippen LogP contribution is 2.26. The first kappa shape index (κ1) is 30.8. The molecule has 0 bridgehead atoms. The number of carbonyl (C=O) groups is 2. The molecule has 1 aliphatic rings. The number of aryl methyl sites for hydroxylation is 2. The number of anilines is 1. The van der Waals surface area contributed by atoms with Crippen LogP contribution in [0, 0.1) is 13.8 Å². The lowest BCUT2D eigenvalue weighted by Crippen LogP contribution is -2.53. The number of sulfonamides is 1. The Morgan fingerprint density at radius 3 is 2.27 bits per heavy atom. The number of nitrogens with one attached hydrogen (secondary N) is 1. The van der Waals surface area contributed by atoms with Crippen LogP contribution < -0.4 is 9.62 Å². The van der Waals surface area contributed by atoms with E-state index >= 15 is 0 Å². The van der Waals surface area contributed by atoms with Crippen molar-refractivity contribution in [1.82, 2.24) is 10.2 Å². The Morgan fingerprint density at radius 1 is 0.927 bits per heavy atom. The largest absolute Gasteiger partial charge is 0.352 e. The zero-order chi connectivity index (χ0) is 29.6. The fraction of sp³-hybridized carbons (Fsp3) is 0.375. The van der Waals surface area contributed by atoms with Gasteiger partial charge in [-0.25, -0.2) is 8.42 Å². The van der Waals surface area contributed by atoms with Gasteiger partial charge in [-0.3, -0.25) is 13.9 Å². The lowest BCUT2D eigenvalue weighted by molar-refractivity contribution is -0.139. The Balaban J connectivity index is 1.68. The maximum absolute atomic E-state index is 14.1. The molecule has 1 saturated carbocycles. The fourth-order valence-electron chi connectivity index (χ4n) is 5.13. The molecular formula is C32H38BrN3O4S. The standard InChI is InChI=1S/C32H38BrN3O4S/c1-23-15-17-30(18-16-23)41(39,40)36(29-14-7-9-24(2)19-29)22-31(37)35(21-26-10-8-11-27(33)20-26)25(3)32(38)34-28-12-5-4-6-13-28/h7-11,14-20,25,28H,4-6,12-13,21-22H2,1-3H3,(H,34,38)/t25-/m1/s1. The summed E-state index contributed by atoms with van der Waals surface area (Å²) in [7, 11) is -4.09. The van der Waals surface area contributed by atoms with E-state index in [1.165, 1.54) is 11.3 Å². The number of hydrogen-bond acceptors (Lipinski definition) is 4. The third-order valence-electron chi connectivity index (χ3n) is 7.54. The summed E-state index contributed by atoms with van der Waals surface area (Å²) in [6, 6.07) is 20.5. The van der Waals surface area contributed by atoms with Crippen molar-refractivity contribution in [3.8, 4) is 0 Å². The van der Waals surface area contributed by atoms with Gasteiger partial charge >= 0.3 is 0 Å². The van der Waals surface area contributed by atoms with Gasteiger partial charge in [0, 0.05) is 17.1 Å². The molecule has 0 aromatic heterocycles. The summed E-state index contributed by atoms with van der Waals surface area (Å²) >= 11 is 3.49.